The summed E-state index contributed by atoms with van der Waals surface area (Å²) in [5, 5.41) is 0. The lowest BCUT2D eigenvalue weighted by Gasteiger charge is -2.34. The van der Waals surface area contributed by atoms with Gasteiger partial charge in [-0.25, -0.2) is 8.42 Å². The van der Waals surface area contributed by atoms with E-state index in [1.165, 1.54) is 4.31 Å². The smallest absolute Gasteiger partial charge is 0.243 e. The minimum Gasteiger partial charge on any atom is -0.339 e. The van der Waals surface area contributed by atoms with Gasteiger partial charge in [0.25, 0.3) is 0 Å². The fourth-order valence-corrected chi connectivity index (χ4v) is 5.23. The maximum Gasteiger partial charge on any atom is 0.243 e. The number of carbonyl (C=O) groups excluding carboxylic acids is 1. The molecule has 1 aromatic rings. The zero-order valence-electron chi connectivity index (χ0n) is 14.4. The Bertz CT molecular complexity index is 728. The molecule has 0 N–H and O–H groups in total. The van der Waals surface area contributed by atoms with Crippen LogP contribution in [0, 0.1) is 0 Å². The molecular formula is C17H24BrN3O3S. The second-order valence-electron chi connectivity index (χ2n) is 6.55. The number of hydrogen-bond acceptors (Lipinski definition) is 4. The number of likely N-dealkylation sites (N-methyl/N-ethyl adjacent to an activating group) is 1. The van der Waals surface area contributed by atoms with Crippen molar-refractivity contribution in [2.45, 2.75) is 30.7 Å². The minimum absolute atomic E-state index is 0.160. The summed E-state index contributed by atoms with van der Waals surface area (Å²) in [7, 11) is -3.48. The minimum atomic E-state index is -3.48. The summed E-state index contributed by atoms with van der Waals surface area (Å²) in [6.07, 6.45) is 2.22. The van der Waals surface area contributed by atoms with Crippen molar-refractivity contribution in [2.75, 3.05) is 39.3 Å². The van der Waals surface area contributed by atoms with Crippen LogP contribution in [0.1, 0.15) is 19.8 Å². The summed E-state index contributed by atoms with van der Waals surface area (Å²) in [4.78, 5) is 16.7. The van der Waals surface area contributed by atoms with Crippen molar-refractivity contribution in [1.82, 2.24) is 14.1 Å². The predicted octanol–water partition coefficient (Wildman–Crippen LogP) is 1.77. The van der Waals surface area contributed by atoms with Crippen molar-refractivity contribution in [3.05, 3.63) is 28.7 Å². The molecular weight excluding hydrogens is 406 g/mol. The van der Waals surface area contributed by atoms with E-state index in [4.69, 9.17) is 0 Å². The number of halogens is 1. The van der Waals surface area contributed by atoms with Gasteiger partial charge in [-0.15, -0.1) is 0 Å². The van der Waals surface area contributed by atoms with E-state index in [-0.39, 0.29) is 5.91 Å². The van der Waals surface area contributed by atoms with Gasteiger partial charge in [0.15, 0.2) is 0 Å². The summed E-state index contributed by atoms with van der Waals surface area (Å²) in [5.74, 6) is 0.160. The molecule has 0 aromatic heterocycles. The second kappa shape index (κ2) is 7.73. The van der Waals surface area contributed by atoms with Gasteiger partial charge >= 0.3 is 0 Å². The van der Waals surface area contributed by atoms with Gasteiger partial charge in [0.1, 0.15) is 0 Å². The van der Waals surface area contributed by atoms with Crippen LogP contribution >= 0.6 is 15.9 Å². The predicted molar refractivity (Wildman–Crippen MR) is 99.7 cm³/mol. The molecule has 1 aliphatic heterocycles. The standard InChI is InChI=1S/C17H24BrN3O3S/c1-2-21(15-6-7-15)17(22)13-19-8-10-20(11-9-19)25(23,24)16-5-3-4-14(18)12-16/h3-5,12,15H,2,6-11,13H2,1H3. The monoisotopic (exact) mass is 429 g/mol. The molecule has 25 heavy (non-hydrogen) atoms. The molecule has 0 atom stereocenters. The molecule has 8 heteroatoms. The Hall–Kier alpha value is -0.960. The number of carbonyl (C=O) groups is 1. The summed E-state index contributed by atoms with van der Waals surface area (Å²) in [5.41, 5.74) is 0. The van der Waals surface area contributed by atoms with Crippen LogP contribution in [0.25, 0.3) is 0 Å². The molecule has 1 aromatic carbocycles. The van der Waals surface area contributed by atoms with Crippen LogP contribution < -0.4 is 0 Å². The maximum atomic E-state index is 12.7. The fourth-order valence-electron chi connectivity index (χ4n) is 3.21. The van der Waals surface area contributed by atoms with Crippen molar-refractivity contribution in [3.8, 4) is 0 Å². The third kappa shape index (κ3) is 4.42. The zero-order chi connectivity index (χ0) is 18.0. The Morgan fingerprint density at radius 3 is 2.48 bits per heavy atom. The molecule has 1 saturated heterocycles. The normalized spacial score (nSPS) is 19.8. The third-order valence-electron chi connectivity index (χ3n) is 4.77. The van der Waals surface area contributed by atoms with E-state index in [0.29, 0.717) is 43.7 Å². The molecule has 0 radical (unpaired) electrons. The Morgan fingerprint density at radius 2 is 1.92 bits per heavy atom. The van der Waals surface area contributed by atoms with E-state index in [9.17, 15) is 13.2 Å². The van der Waals surface area contributed by atoms with E-state index in [1.807, 2.05) is 17.9 Å². The maximum absolute atomic E-state index is 12.7. The summed E-state index contributed by atoms with van der Waals surface area (Å²) in [6, 6.07) is 7.20. The van der Waals surface area contributed by atoms with Gasteiger partial charge in [-0.1, -0.05) is 22.0 Å². The number of rotatable bonds is 6. The van der Waals surface area contributed by atoms with Crippen LogP contribution in [0.4, 0.5) is 0 Å². The molecule has 138 valence electrons. The van der Waals surface area contributed by atoms with Crippen LogP contribution in [0.3, 0.4) is 0 Å². The van der Waals surface area contributed by atoms with Crippen molar-refractivity contribution in [3.63, 3.8) is 0 Å². The van der Waals surface area contributed by atoms with Crippen molar-refractivity contribution in [2.24, 2.45) is 0 Å². The molecule has 2 fully saturated rings. The third-order valence-corrected chi connectivity index (χ3v) is 7.16. The highest BCUT2D eigenvalue weighted by Gasteiger charge is 2.33. The summed E-state index contributed by atoms with van der Waals surface area (Å²) in [6.45, 7) is 5.15. The van der Waals surface area contributed by atoms with Crippen LogP contribution in [0.15, 0.2) is 33.6 Å². The zero-order valence-corrected chi connectivity index (χ0v) is 16.8. The first kappa shape index (κ1) is 18.8. The number of sulfonamides is 1. The lowest BCUT2D eigenvalue weighted by Crippen LogP contribution is -2.51. The van der Waals surface area contributed by atoms with Gasteiger partial charge in [0.2, 0.25) is 15.9 Å². The van der Waals surface area contributed by atoms with E-state index < -0.39 is 10.0 Å². The fraction of sp³-hybridized carbons (Fsp3) is 0.588. The quantitative estimate of drug-likeness (QED) is 0.690. The van der Waals surface area contributed by atoms with Crippen LogP contribution in [0.2, 0.25) is 0 Å². The summed E-state index contributed by atoms with van der Waals surface area (Å²) < 4.78 is 27.7. The molecule has 0 bridgehead atoms. The lowest BCUT2D eigenvalue weighted by molar-refractivity contribution is -0.133. The molecule has 1 saturated carbocycles. The number of piperazine rings is 1. The van der Waals surface area contributed by atoms with E-state index in [1.54, 1.807) is 18.2 Å². The molecule has 1 aliphatic carbocycles. The van der Waals surface area contributed by atoms with Gasteiger partial charge in [-0.3, -0.25) is 9.69 Å². The Kier molecular flexibility index (Phi) is 5.82. The van der Waals surface area contributed by atoms with Crippen molar-refractivity contribution >= 4 is 31.9 Å². The van der Waals surface area contributed by atoms with Crippen LogP contribution in [-0.2, 0) is 14.8 Å². The van der Waals surface area contributed by atoms with Crippen LogP contribution in [0.5, 0.6) is 0 Å². The van der Waals surface area contributed by atoms with E-state index in [0.717, 1.165) is 23.9 Å². The van der Waals surface area contributed by atoms with Gasteiger partial charge in [-0.2, -0.15) is 4.31 Å². The Labute approximate surface area is 158 Å². The second-order valence-corrected chi connectivity index (χ2v) is 9.40. The SMILES string of the molecule is CCN(C(=O)CN1CCN(S(=O)(=O)c2cccc(Br)c2)CC1)C1CC1. The first-order chi connectivity index (χ1) is 11.9. The van der Waals surface area contributed by atoms with E-state index >= 15 is 0 Å². The lowest BCUT2D eigenvalue weighted by atomic mass is 10.3. The highest BCUT2D eigenvalue weighted by Crippen LogP contribution is 2.27. The Morgan fingerprint density at radius 1 is 1.24 bits per heavy atom. The van der Waals surface area contributed by atoms with Gasteiger partial charge < -0.3 is 4.90 Å². The molecule has 0 unspecified atom stereocenters. The topological polar surface area (TPSA) is 60.9 Å². The molecule has 0 spiro atoms. The highest BCUT2D eigenvalue weighted by molar-refractivity contribution is 9.10. The van der Waals surface area contributed by atoms with Crippen molar-refractivity contribution < 1.29 is 13.2 Å². The average molecular weight is 430 g/mol. The number of benzene rings is 1. The summed E-state index contributed by atoms with van der Waals surface area (Å²) >= 11 is 3.32. The van der Waals surface area contributed by atoms with Crippen LogP contribution in [-0.4, -0.2) is 73.7 Å². The van der Waals surface area contributed by atoms with E-state index in [2.05, 4.69) is 20.8 Å². The highest BCUT2D eigenvalue weighted by atomic mass is 79.9. The Balaban J connectivity index is 1.57. The van der Waals surface area contributed by atoms with Gasteiger partial charge in [0, 0.05) is 43.2 Å². The van der Waals surface area contributed by atoms with Crippen molar-refractivity contribution in [1.29, 1.82) is 0 Å². The molecule has 6 nitrogen and oxygen atoms in total. The molecule has 1 heterocycles. The molecule has 1 amide bonds. The number of nitrogens with zero attached hydrogens (tertiary/aromatic N) is 3. The van der Waals surface area contributed by atoms with Gasteiger partial charge in [0.05, 0.1) is 11.4 Å². The number of hydrogen-bond donors (Lipinski definition) is 0. The molecule has 3 rings (SSSR count). The number of amides is 1. The largest absolute Gasteiger partial charge is 0.339 e. The molecule has 2 aliphatic rings. The first-order valence-corrected chi connectivity index (χ1v) is 10.9. The van der Waals surface area contributed by atoms with Gasteiger partial charge in [-0.05, 0) is 38.0 Å². The first-order valence-electron chi connectivity index (χ1n) is 8.69. The average Bonchev–Trinajstić information content (AvgIpc) is 3.41.